The molecule has 1 N–H and O–H groups in total. The highest BCUT2D eigenvalue weighted by Gasteiger charge is 2.09. The molecule has 0 aliphatic heterocycles. The van der Waals surface area contributed by atoms with Crippen LogP contribution in [0, 0.1) is 5.82 Å². The smallest absolute Gasteiger partial charge is 0.251 e. The number of phenols is 1. The molecule has 0 aliphatic rings. The van der Waals surface area contributed by atoms with Crippen molar-refractivity contribution in [3.63, 3.8) is 0 Å². The molecule has 0 radical (unpaired) electrons. The van der Waals surface area contributed by atoms with Crippen LogP contribution in [0.2, 0.25) is 0 Å². The van der Waals surface area contributed by atoms with Crippen molar-refractivity contribution in [1.82, 2.24) is 4.90 Å². The lowest BCUT2D eigenvalue weighted by atomic mass is 10.2. The number of halogens is 3. The van der Waals surface area contributed by atoms with E-state index < -0.39 is 18.0 Å². The van der Waals surface area contributed by atoms with Gasteiger partial charge in [0, 0.05) is 6.54 Å². The fraction of sp³-hybridized carbons (Fsp3) is 0.400. The Bertz CT molecular complexity index is 330. The molecular weight excluding hydrogens is 207 g/mol. The minimum absolute atomic E-state index is 0.224. The van der Waals surface area contributed by atoms with E-state index in [9.17, 15) is 13.2 Å². The molecular formula is C10H12F3NO. The zero-order chi connectivity index (χ0) is 11.4. The van der Waals surface area contributed by atoms with Gasteiger partial charge in [-0.2, -0.15) is 0 Å². The molecule has 0 saturated carbocycles. The third-order valence-corrected chi connectivity index (χ3v) is 1.91. The molecule has 1 aromatic rings. The number of hydrogen-bond acceptors (Lipinski definition) is 2. The Labute approximate surface area is 85.9 Å². The maximum atomic E-state index is 12.9. The first-order valence-corrected chi connectivity index (χ1v) is 4.43. The Kier molecular flexibility index (Phi) is 3.96. The maximum absolute atomic E-state index is 12.9. The zero-order valence-corrected chi connectivity index (χ0v) is 8.25. The first-order valence-electron chi connectivity index (χ1n) is 4.43. The first-order chi connectivity index (χ1) is 6.99. The van der Waals surface area contributed by atoms with Crippen LogP contribution < -0.4 is 0 Å². The lowest BCUT2D eigenvalue weighted by molar-refractivity contribution is 0.0975. The molecule has 0 heterocycles. The van der Waals surface area contributed by atoms with Crippen LogP contribution in [0.5, 0.6) is 5.75 Å². The molecule has 0 bridgehead atoms. The Hall–Kier alpha value is -1.23. The van der Waals surface area contributed by atoms with Gasteiger partial charge < -0.3 is 5.11 Å². The molecule has 1 rings (SSSR count). The van der Waals surface area contributed by atoms with Crippen molar-refractivity contribution in [2.45, 2.75) is 13.0 Å². The molecule has 5 heteroatoms. The summed E-state index contributed by atoms with van der Waals surface area (Å²) in [6, 6.07) is 3.85. The SMILES string of the molecule is CN(Cc1ccc(O)c(F)c1)CC(F)F. The Morgan fingerprint density at radius 1 is 1.40 bits per heavy atom. The Balaban J connectivity index is 2.60. The summed E-state index contributed by atoms with van der Waals surface area (Å²) in [4.78, 5) is 1.39. The van der Waals surface area contributed by atoms with Crippen LogP contribution in [-0.4, -0.2) is 30.0 Å². The van der Waals surface area contributed by atoms with Crippen LogP contribution in [0.3, 0.4) is 0 Å². The summed E-state index contributed by atoms with van der Waals surface area (Å²) in [5.41, 5.74) is 0.549. The maximum Gasteiger partial charge on any atom is 0.251 e. The molecule has 2 nitrogen and oxygen atoms in total. The molecule has 0 aliphatic carbocycles. The average Bonchev–Trinajstić information content (AvgIpc) is 2.10. The monoisotopic (exact) mass is 219 g/mol. The number of benzene rings is 1. The van der Waals surface area contributed by atoms with E-state index in [0.717, 1.165) is 6.07 Å². The predicted octanol–water partition coefficient (Wildman–Crippen LogP) is 2.23. The first kappa shape index (κ1) is 11.8. The van der Waals surface area contributed by atoms with E-state index in [1.807, 2.05) is 0 Å². The van der Waals surface area contributed by atoms with E-state index in [4.69, 9.17) is 5.11 Å². The summed E-state index contributed by atoms with van der Waals surface area (Å²) in [5.74, 6) is -1.17. The van der Waals surface area contributed by atoms with Crippen LogP contribution in [0.1, 0.15) is 5.56 Å². The summed E-state index contributed by atoms with van der Waals surface area (Å²) in [7, 11) is 1.52. The number of aromatic hydroxyl groups is 1. The van der Waals surface area contributed by atoms with Crippen LogP contribution in [0.25, 0.3) is 0 Å². The van der Waals surface area contributed by atoms with Gasteiger partial charge in [0.15, 0.2) is 11.6 Å². The van der Waals surface area contributed by atoms with Crippen molar-refractivity contribution >= 4 is 0 Å². The molecule has 0 aromatic heterocycles. The van der Waals surface area contributed by atoms with Gasteiger partial charge in [-0.3, -0.25) is 4.90 Å². The second-order valence-electron chi connectivity index (χ2n) is 3.37. The second-order valence-corrected chi connectivity index (χ2v) is 3.37. The number of nitrogens with zero attached hydrogens (tertiary/aromatic N) is 1. The van der Waals surface area contributed by atoms with E-state index in [0.29, 0.717) is 5.56 Å². The predicted molar refractivity (Wildman–Crippen MR) is 50.4 cm³/mol. The quantitative estimate of drug-likeness (QED) is 0.839. The largest absolute Gasteiger partial charge is 0.505 e. The van der Waals surface area contributed by atoms with Crippen LogP contribution in [0.15, 0.2) is 18.2 Å². The standard InChI is InChI=1S/C10H12F3NO/c1-14(6-10(12)13)5-7-2-3-9(15)8(11)4-7/h2-4,10,15H,5-6H2,1H3. The van der Waals surface area contributed by atoms with E-state index in [1.54, 1.807) is 0 Å². The van der Waals surface area contributed by atoms with Crippen LogP contribution in [0.4, 0.5) is 13.2 Å². The molecule has 0 fully saturated rings. The average molecular weight is 219 g/mol. The molecule has 15 heavy (non-hydrogen) atoms. The number of rotatable bonds is 4. The van der Waals surface area contributed by atoms with Gasteiger partial charge in [-0.05, 0) is 24.7 Å². The highest BCUT2D eigenvalue weighted by atomic mass is 19.3. The molecule has 1 aromatic carbocycles. The fourth-order valence-electron chi connectivity index (χ4n) is 1.26. The summed E-state index contributed by atoms with van der Waals surface area (Å²) in [6.07, 6.45) is -2.41. The minimum Gasteiger partial charge on any atom is -0.505 e. The molecule has 0 atom stereocenters. The molecule has 0 saturated heterocycles. The van der Waals surface area contributed by atoms with Gasteiger partial charge in [-0.1, -0.05) is 6.07 Å². The van der Waals surface area contributed by atoms with E-state index in [-0.39, 0.29) is 13.1 Å². The van der Waals surface area contributed by atoms with Gasteiger partial charge in [-0.15, -0.1) is 0 Å². The van der Waals surface area contributed by atoms with Crippen molar-refractivity contribution in [3.8, 4) is 5.75 Å². The lowest BCUT2D eigenvalue weighted by Crippen LogP contribution is -2.24. The van der Waals surface area contributed by atoms with E-state index >= 15 is 0 Å². The number of hydrogen-bond donors (Lipinski definition) is 1. The normalized spacial score (nSPS) is 11.3. The van der Waals surface area contributed by atoms with Crippen molar-refractivity contribution in [1.29, 1.82) is 0 Å². The van der Waals surface area contributed by atoms with Gasteiger partial charge in [0.1, 0.15) is 0 Å². The molecule has 0 amide bonds. The second kappa shape index (κ2) is 5.02. The lowest BCUT2D eigenvalue weighted by Gasteiger charge is -2.15. The third kappa shape index (κ3) is 3.79. The highest BCUT2D eigenvalue weighted by Crippen LogP contribution is 2.17. The van der Waals surface area contributed by atoms with E-state index in [2.05, 4.69) is 0 Å². The van der Waals surface area contributed by atoms with Gasteiger partial charge in [0.05, 0.1) is 6.54 Å². The van der Waals surface area contributed by atoms with Crippen LogP contribution >= 0.6 is 0 Å². The Morgan fingerprint density at radius 2 is 2.07 bits per heavy atom. The number of phenolic OH excluding ortho intramolecular Hbond substituents is 1. The summed E-state index contributed by atoms with van der Waals surface area (Å²) >= 11 is 0. The topological polar surface area (TPSA) is 23.5 Å². The van der Waals surface area contributed by atoms with Crippen molar-refractivity contribution in [2.75, 3.05) is 13.6 Å². The molecule has 0 unspecified atom stereocenters. The third-order valence-electron chi connectivity index (χ3n) is 1.91. The summed E-state index contributed by atoms with van der Waals surface area (Å²) < 4.78 is 36.8. The van der Waals surface area contributed by atoms with E-state index in [1.165, 1.54) is 24.1 Å². The number of alkyl halides is 2. The van der Waals surface area contributed by atoms with Gasteiger partial charge >= 0.3 is 0 Å². The summed E-state index contributed by atoms with van der Waals surface area (Å²) in [6.45, 7) is -0.135. The summed E-state index contributed by atoms with van der Waals surface area (Å²) in [5, 5.41) is 8.91. The van der Waals surface area contributed by atoms with Gasteiger partial charge in [0.25, 0.3) is 6.43 Å². The minimum atomic E-state index is -2.41. The van der Waals surface area contributed by atoms with Crippen molar-refractivity contribution in [2.24, 2.45) is 0 Å². The Morgan fingerprint density at radius 3 is 2.60 bits per heavy atom. The van der Waals surface area contributed by atoms with Gasteiger partial charge in [-0.25, -0.2) is 13.2 Å². The van der Waals surface area contributed by atoms with Crippen molar-refractivity contribution in [3.05, 3.63) is 29.6 Å². The van der Waals surface area contributed by atoms with Crippen molar-refractivity contribution < 1.29 is 18.3 Å². The fourth-order valence-corrected chi connectivity index (χ4v) is 1.26. The highest BCUT2D eigenvalue weighted by molar-refractivity contribution is 5.27. The van der Waals surface area contributed by atoms with Gasteiger partial charge in [0.2, 0.25) is 0 Å². The molecule has 84 valence electrons. The molecule has 0 spiro atoms. The zero-order valence-electron chi connectivity index (χ0n) is 8.25. The van der Waals surface area contributed by atoms with Crippen LogP contribution in [-0.2, 0) is 6.54 Å².